The molecule has 178 valence electrons. The predicted octanol–water partition coefficient (Wildman–Crippen LogP) is 4.88. The number of alkyl halides is 3. The molecule has 5 unspecified atom stereocenters. The van der Waals surface area contributed by atoms with Crippen LogP contribution in [-0.4, -0.2) is 49.0 Å². The molecular formula is C22H45F3O4. The number of hydrogen-bond acceptors (Lipinski definition) is 2. The summed E-state index contributed by atoms with van der Waals surface area (Å²) in [6.45, 7) is 13.4. The molecule has 4 nitrogen and oxygen atoms in total. The van der Waals surface area contributed by atoms with Gasteiger partial charge in [0.15, 0.2) is 6.29 Å². The summed E-state index contributed by atoms with van der Waals surface area (Å²) in [5.41, 5.74) is 0. The molecule has 7 heteroatoms. The molecule has 0 aromatic carbocycles. The monoisotopic (exact) mass is 430 g/mol. The number of ether oxygens (including phenoxy) is 2. The molecule has 0 radical (unpaired) electrons. The fourth-order valence-corrected chi connectivity index (χ4v) is 3.68. The lowest BCUT2D eigenvalue weighted by Crippen LogP contribution is -2.32. The van der Waals surface area contributed by atoms with Gasteiger partial charge in [-0.25, -0.2) is 13.2 Å². The summed E-state index contributed by atoms with van der Waals surface area (Å²) in [6.07, 6.45) is 1.85. The molecule has 4 N–H and O–H groups in total. The molecule has 5 atom stereocenters. The Balaban J connectivity index is 0. The van der Waals surface area contributed by atoms with Gasteiger partial charge in [0.05, 0.1) is 13.2 Å². The van der Waals surface area contributed by atoms with Crippen LogP contribution < -0.4 is 0 Å². The second-order valence-corrected chi connectivity index (χ2v) is 9.22. The quantitative estimate of drug-likeness (QED) is 0.549. The molecule has 1 saturated heterocycles. The second-order valence-electron chi connectivity index (χ2n) is 9.22. The number of halogens is 3. The van der Waals surface area contributed by atoms with Gasteiger partial charge in [0.25, 0.3) is 0 Å². The zero-order valence-corrected chi connectivity index (χ0v) is 19.1. The van der Waals surface area contributed by atoms with E-state index < -0.39 is 18.5 Å². The highest BCUT2D eigenvalue weighted by molar-refractivity contribution is 4.82. The van der Waals surface area contributed by atoms with Gasteiger partial charge in [-0.05, 0) is 50.4 Å². The summed E-state index contributed by atoms with van der Waals surface area (Å²) in [5.74, 6) is 1.36. The van der Waals surface area contributed by atoms with Crippen molar-refractivity contribution in [1.29, 1.82) is 0 Å². The average Bonchev–Trinajstić information content (AvgIpc) is 2.60. The van der Waals surface area contributed by atoms with Gasteiger partial charge >= 0.3 is 0 Å². The summed E-state index contributed by atoms with van der Waals surface area (Å²) in [6, 6.07) is 0. The van der Waals surface area contributed by atoms with Crippen molar-refractivity contribution in [1.82, 2.24) is 0 Å². The van der Waals surface area contributed by atoms with Crippen molar-refractivity contribution in [3.05, 3.63) is 0 Å². The SMILES string of the molecule is CC1CC(F)C(C)C(F)C1.CC1CCC(C)C(F)C1.CC1COC(C)OC1.O.O. The van der Waals surface area contributed by atoms with Gasteiger partial charge in [-0.1, -0.05) is 41.0 Å². The lowest BCUT2D eigenvalue weighted by atomic mass is 9.81. The predicted molar refractivity (Wildman–Crippen MR) is 112 cm³/mol. The van der Waals surface area contributed by atoms with Crippen molar-refractivity contribution in [3.8, 4) is 0 Å². The first-order valence-electron chi connectivity index (χ1n) is 10.7. The van der Waals surface area contributed by atoms with Crippen molar-refractivity contribution in [3.63, 3.8) is 0 Å². The van der Waals surface area contributed by atoms with Crippen molar-refractivity contribution >= 4 is 0 Å². The van der Waals surface area contributed by atoms with Crippen LogP contribution in [0.1, 0.15) is 73.6 Å². The zero-order valence-electron chi connectivity index (χ0n) is 19.1. The maximum absolute atomic E-state index is 12.8. The Bertz CT molecular complexity index is 372. The van der Waals surface area contributed by atoms with Crippen LogP contribution in [0.5, 0.6) is 0 Å². The summed E-state index contributed by atoms with van der Waals surface area (Å²) in [7, 11) is 0. The Labute approximate surface area is 175 Å². The highest BCUT2D eigenvalue weighted by atomic mass is 19.1. The van der Waals surface area contributed by atoms with Crippen molar-refractivity contribution < 1.29 is 33.6 Å². The molecule has 0 aromatic heterocycles. The van der Waals surface area contributed by atoms with E-state index in [9.17, 15) is 13.2 Å². The first-order chi connectivity index (χ1) is 12.6. The summed E-state index contributed by atoms with van der Waals surface area (Å²) in [4.78, 5) is 0. The molecule has 0 bridgehead atoms. The van der Waals surface area contributed by atoms with Crippen LogP contribution in [0.4, 0.5) is 13.2 Å². The van der Waals surface area contributed by atoms with Crippen molar-refractivity contribution in [2.75, 3.05) is 13.2 Å². The Kier molecular flexibility index (Phi) is 16.4. The maximum atomic E-state index is 12.8. The highest BCUT2D eigenvalue weighted by Gasteiger charge is 2.33. The van der Waals surface area contributed by atoms with E-state index in [1.54, 1.807) is 6.92 Å². The average molecular weight is 431 g/mol. The first-order valence-corrected chi connectivity index (χ1v) is 10.7. The summed E-state index contributed by atoms with van der Waals surface area (Å²) < 4.78 is 48.8. The Hall–Kier alpha value is -0.370. The van der Waals surface area contributed by atoms with Gasteiger partial charge in [0.1, 0.15) is 18.5 Å². The van der Waals surface area contributed by atoms with Gasteiger partial charge in [0, 0.05) is 11.8 Å². The minimum Gasteiger partial charge on any atom is -0.412 e. The fourth-order valence-electron chi connectivity index (χ4n) is 3.68. The van der Waals surface area contributed by atoms with E-state index in [2.05, 4.69) is 13.8 Å². The van der Waals surface area contributed by atoms with Crippen LogP contribution in [0.3, 0.4) is 0 Å². The van der Waals surface area contributed by atoms with Crippen molar-refractivity contribution in [2.24, 2.45) is 29.6 Å². The topological polar surface area (TPSA) is 81.5 Å². The van der Waals surface area contributed by atoms with Crippen LogP contribution >= 0.6 is 0 Å². The summed E-state index contributed by atoms with van der Waals surface area (Å²) >= 11 is 0. The van der Waals surface area contributed by atoms with E-state index >= 15 is 0 Å². The minimum atomic E-state index is -0.918. The zero-order chi connectivity index (χ0) is 20.6. The number of hydrogen-bond donors (Lipinski definition) is 0. The molecule has 2 aliphatic carbocycles. The normalized spacial score (nSPS) is 41.9. The first kappa shape index (κ1) is 30.8. The molecule has 3 fully saturated rings. The number of rotatable bonds is 0. The van der Waals surface area contributed by atoms with E-state index in [-0.39, 0.29) is 29.1 Å². The van der Waals surface area contributed by atoms with Crippen LogP contribution in [0.2, 0.25) is 0 Å². The van der Waals surface area contributed by atoms with E-state index in [0.29, 0.717) is 30.6 Å². The van der Waals surface area contributed by atoms with Gasteiger partial charge in [-0.3, -0.25) is 0 Å². The second kappa shape index (κ2) is 15.4. The van der Waals surface area contributed by atoms with Crippen LogP contribution in [-0.2, 0) is 9.47 Å². The van der Waals surface area contributed by atoms with E-state index in [4.69, 9.17) is 9.47 Å². The molecule has 1 heterocycles. The molecule has 2 saturated carbocycles. The third-order valence-corrected chi connectivity index (χ3v) is 5.99. The third-order valence-electron chi connectivity index (χ3n) is 5.99. The van der Waals surface area contributed by atoms with Crippen LogP contribution in [0.15, 0.2) is 0 Å². The molecule has 0 aromatic rings. The highest BCUT2D eigenvalue weighted by Crippen LogP contribution is 2.32. The van der Waals surface area contributed by atoms with Gasteiger partial charge in [0.2, 0.25) is 0 Å². The largest absolute Gasteiger partial charge is 0.412 e. The van der Waals surface area contributed by atoms with E-state index in [0.717, 1.165) is 26.1 Å². The van der Waals surface area contributed by atoms with Gasteiger partial charge in [-0.2, -0.15) is 0 Å². The molecule has 0 spiro atoms. The van der Waals surface area contributed by atoms with Crippen LogP contribution in [0.25, 0.3) is 0 Å². The van der Waals surface area contributed by atoms with E-state index in [1.807, 2.05) is 20.8 Å². The molecule has 0 amide bonds. The maximum Gasteiger partial charge on any atom is 0.154 e. The minimum absolute atomic E-state index is 0. The molecule has 3 aliphatic rings. The smallest absolute Gasteiger partial charge is 0.154 e. The van der Waals surface area contributed by atoms with Crippen molar-refractivity contribution in [2.45, 2.75) is 98.5 Å². The lowest BCUT2D eigenvalue weighted by Gasteiger charge is -2.30. The van der Waals surface area contributed by atoms with E-state index in [1.165, 1.54) is 6.42 Å². The summed E-state index contributed by atoms with van der Waals surface area (Å²) in [5, 5.41) is 0. The molecule has 29 heavy (non-hydrogen) atoms. The van der Waals surface area contributed by atoms with Gasteiger partial charge in [-0.15, -0.1) is 0 Å². The van der Waals surface area contributed by atoms with Crippen LogP contribution in [0, 0.1) is 29.6 Å². The Morgan fingerprint density at radius 3 is 1.41 bits per heavy atom. The fraction of sp³-hybridized carbons (Fsp3) is 1.00. The molecular weight excluding hydrogens is 385 g/mol. The standard InChI is InChI=1S/C8H14F2.C8H15F.C6H12O2.2H2O/c1-5-3-7(9)6(2)8(10)4-5;1-6-3-4-7(2)8(9)5-6;1-5-3-7-6(2)8-4-5;;/h5-8H,3-4H2,1-2H3;6-8H,3-5H2,1-2H3;5-6H,3-4H2,1-2H3;2*1H2. The third kappa shape index (κ3) is 12.2. The van der Waals surface area contributed by atoms with Gasteiger partial charge < -0.3 is 20.4 Å². The Morgan fingerprint density at radius 2 is 1.03 bits per heavy atom. The lowest BCUT2D eigenvalue weighted by molar-refractivity contribution is -0.187. The molecule has 3 rings (SSSR count). The molecule has 1 aliphatic heterocycles. The Morgan fingerprint density at radius 1 is 0.586 bits per heavy atom.